The molecule has 0 radical (unpaired) electrons. The number of hydrogen-bond acceptors (Lipinski definition) is 2. The Morgan fingerprint density at radius 1 is 1.08 bits per heavy atom. The number of aromatic nitrogens is 2. The van der Waals surface area contributed by atoms with Crippen molar-refractivity contribution in [1.29, 1.82) is 0 Å². The fraction of sp³-hybridized carbons (Fsp3) is 0.0588. The van der Waals surface area contributed by atoms with Crippen LogP contribution in [-0.2, 0) is 6.18 Å². The lowest BCUT2D eigenvalue weighted by atomic mass is 9.99. The number of benzene rings is 2. The summed E-state index contributed by atoms with van der Waals surface area (Å²) in [5, 5.41) is 12.9. The van der Waals surface area contributed by atoms with Crippen molar-refractivity contribution in [1.82, 2.24) is 9.78 Å². The van der Waals surface area contributed by atoms with Gasteiger partial charge < -0.3 is 5.11 Å². The Morgan fingerprint density at radius 3 is 2.50 bits per heavy atom. The fourth-order valence-corrected chi connectivity index (χ4v) is 2.37. The molecule has 0 saturated heterocycles. The molecule has 0 amide bonds. The highest BCUT2D eigenvalue weighted by Crippen LogP contribution is 2.37. The zero-order valence-electron chi connectivity index (χ0n) is 12.2. The van der Waals surface area contributed by atoms with Gasteiger partial charge in [0.25, 0.3) is 0 Å². The van der Waals surface area contributed by atoms with E-state index in [0.717, 1.165) is 6.07 Å². The van der Waals surface area contributed by atoms with E-state index in [0.29, 0.717) is 11.3 Å². The molecule has 0 aliphatic rings. The molecule has 1 aromatic heterocycles. The van der Waals surface area contributed by atoms with Crippen LogP contribution in [0.2, 0.25) is 0 Å². The molecule has 7 heteroatoms. The topological polar surface area (TPSA) is 55.1 Å². The van der Waals surface area contributed by atoms with Crippen molar-refractivity contribution in [3.63, 3.8) is 0 Å². The highest BCUT2D eigenvalue weighted by atomic mass is 19.4. The normalized spacial score (nSPS) is 11.5. The number of nitrogens with zero attached hydrogens (tertiary/aromatic N) is 2. The summed E-state index contributed by atoms with van der Waals surface area (Å²) in [6, 6.07) is 11.6. The molecule has 4 nitrogen and oxygen atoms in total. The summed E-state index contributed by atoms with van der Waals surface area (Å²) in [5.41, 5.74) is 0.159. The van der Waals surface area contributed by atoms with Crippen LogP contribution in [0.15, 0.2) is 60.9 Å². The summed E-state index contributed by atoms with van der Waals surface area (Å²) in [5.74, 6) is -1.13. The highest BCUT2D eigenvalue weighted by Gasteiger charge is 2.33. The Balaban J connectivity index is 2.07. The van der Waals surface area contributed by atoms with Crippen LogP contribution in [0.1, 0.15) is 15.9 Å². The minimum absolute atomic E-state index is 0.00362. The van der Waals surface area contributed by atoms with Gasteiger partial charge in [0.15, 0.2) is 0 Å². The van der Waals surface area contributed by atoms with Crippen molar-refractivity contribution in [2.24, 2.45) is 0 Å². The first-order valence-corrected chi connectivity index (χ1v) is 6.91. The monoisotopic (exact) mass is 332 g/mol. The van der Waals surface area contributed by atoms with Crippen molar-refractivity contribution < 1.29 is 23.1 Å². The van der Waals surface area contributed by atoms with Crippen molar-refractivity contribution in [3.8, 4) is 16.8 Å². The molecule has 3 aromatic rings. The van der Waals surface area contributed by atoms with Crippen LogP contribution in [0.3, 0.4) is 0 Å². The molecular weight excluding hydrogens is 321 g/mol. The zero-order valence-corrected chi connectivity index (χ0v) is 12.2. The van der Waals surface area contributed by atoms with Crippen molar-refractivity contribution in [2.45, 2.75) is 6.18 Å². The summed E-state index contributed by atoms with van der Waals surface area (Å²) in [4.78, 5) is 10.9. The molecule has 0 spiro atoms. The second kappa shape index (κ2) is 5.84. The van der Waals surface area contributed by atoms with E-state index < -0.39 is 17.7 Å². The van der Waals surface area contributed by atoms with Crippen molar-refractivity contribution in [2.75, 3.05) is 0 Å². The summed E-state index contributed by atoms with van der Waals surface area (Å²) >= 11 is 0. The minimum atomic E-state index is -4.46. The quantitative estimate of drug-likeness (QED) is 0.780. The summed E-state index contributed by atoms with van der Waals surface area (Å²) in [6.45, 7) is 0. The summed E-state index contributed by atoms with van der Waals surface area (Å²) < 4.78 is 40.8. The largest absolute Gasteiger partial charge is 0.478 e. The third-order valence-corrected chi connectivity index (χ3v) is 3.48. The molecular formula is C17H11F3N2O2. The Bertz CT molecular complexity index is 901. The van der Waals surface area contributed by atoms with Gasteiger partial charge in [-0.3, -0.25) is 0 Å². The molecule has 0 unspecified atom stereocenters. The van der Waals surface area contributed by atoms with E-state index in [1.54, 1.807) is 18.2 Å². The van der Waals surface area contributed by atoms with Gasteiger partial charge in [-0.1, -0.05) is 30.3 Å². The lowest BCUT2D eigenvalue weighted by Gasteiger charge is -2.13. The molecule has 1 heterocycles. The SMILES string of the molecule is O=C(O)c1cnn(-c2cccc(-c3ccccc3C(F)(F)F)c2)c1. The zero-order chi connectivity index (χ0) is 17.3. The third-order valence-electron chi connectivity index (χ3n) is 3.48. The molecule has 122 valence electrons. The standard InChI is InChI=1S/C17H11F3N2O2/c18-17(19,20)15-7-2-1-6-14(15)11-4-3-5-13(8-11)22-10-12(9-21-22)16(23)24/h1-10H,(H,23,24). The second-order valence-electron chi connectivity index (χ2n) is 5.07. The lowest BCUT2D eigenvalue weighted by Crippen LogP contribution is -2.07. The van der Waals surface area contributed by atoms with E-state index in [4.69, 9.17) is 5.11 Å². The molecule has 2 aromatic carbocycles. The maximum absolute atomic E-state index is 13.2. The van der Waals surface area contributed by atoms with Crippen LogP contribution in [-0.4, -0.2) is 20.9 Å². The van der Waals surface area contributed by atoms with Gasteiger partial charge in [0.05, 0.1) is 23.0 Å². The van der Waals surface area contributed by atoms with Gasteiger partial charge in [-0.15, -0.1) is 0 Å². The average molecular weight is 332 g/mol. The van der Waals surface area contributed by atoms with Crippen LogP contribution in [0.4, 0.5) is 13.2 Å². The van der Waals surface area contributed by atoms with E-state index >= 15 is 0 Å². The predicted molar refractivity (Wildman–Crippen MR) is 81.0 cm³/mol. The first kappa shape index (κ1) is 15.8. The molecule has 0 aliphatic heterocycles. The minimum Gasteiger partial charge on any atom is -0.478 e. The van der Waals surface area contributed by atoms with Crippen molar-refractivity contribution in [3.05, 3.63) is 72.1 Å². The van der Waals surface area contributed by atoms with E-state index in [2.05, 4.69) is 5.10 Å². The Labute approximate surface area is 134 Å². The van der Waals surface area contributed by atoms with E-state index in [1.165, 1.54) is 41.3 Å². The molecule has 0 atom stereocenters. The number of carboxylic acids is 1. The first-order chi connectivity index (χ1) is 11.4. The number of halogens is 3. The number of carboxylic acid groups (broad SMARTS) is 1. The number of alkyl halides is 3. The molecule has 3 rings (SSSR count). The van der Waals surface area contributed by atoms with Crippen LogP contribution >= 0.6 is 0 Å². The number of carbonyl (C=O) groups is 1. The van der Waals surface area contributed by atoms with Gasteiger partial charge in [0.2, 0.25) is 0 Å². The van der Waals surface area contributed by atoms with Crippen LogP contribution in [0.25, 0.3) is 16.8 Å². The first-order valence-electron chi connectivity index (χ1n) is 6.91. The summed E-state index contributed by atoms with van der Waals surface area (Å²) in [6.07, 6.45) is -1.98. The van der Waals surface area contributed by atoms with Gasteiger partial charge in [-0.05, 0) is 29.3 Å². The van der Waals surface area contributed by atoms with Crippen LogP contribution in [0, 0.1) is 0 Å². The number of aromatic carboxylic acids is 1. The van der Waals surface area contributed by atoms with Gasteiger partial charge in [0, 0.05) is 6.20 Å². The highest BCUT2D eigenvalue weighted by molar-refractivity contribution is 5.87. The average Bonchev–Trinajstić information content (AvgIpc) is 3.04. The van der Waals surface area contributed by atoms with Crippen molar-refractivity contribution >= 4 is 5.97 Å². The van der Waals surface area contributed by atoms with Gasteiger partial charge in [-0.25, -0.2) is 9.48 Å². The van der Waals surface area contributed by atoms with E-state index in [-0.39, 0.29) is 11.1 Å². The third kappa shape index (κ3) is 3.01. The number of hydrogen-bond donors (Lipinski definition) is 1. The lowest BCUT2D eigenvalue weighted by molar-refractivity contribution is -0.137. The van der Waals surface area contributed by atoms with Gasteiger partial charge in [-0.2, -0.15) is 18.3 Å². The molecule has 0 fully saturated rings. The van der Waals surface area contributed by atoms with Crippen LogP contribution in [0.5, 0.6) is 0 Å². The second-order valence-corrected chi connectivity index (χ2v) is 5.07. The van der Waals surface area contributed by atoms with Crippen LogP contribution < -0.4 is 0 Å². The predicted octanol–water partition coefficient (Wildman–Crippen LogP) is 4.26. The molecule has 0 bridgehead atoms. The molecule has 0 aliphatic carbocycles. The molecule has 0 saturated carbocycles. The fourth-order valence-electron chi connectivity index (χ4n) is 2.37. The van der Waals surface area contributed by atoms with E-state index in [1.807, 2.05) is 0 Å². The Kier molecular flexibility index (Phi) is 3.84. The molecule has 24 heavy (non-hydrogen) atoms. The maximum Gasteiger partial charge on any atom is 0.417 e. The smallest absolute Gasteiger partial charge is 0.417 e. The Morgan fingerprint density at radius 2 is 1.83 bits per heavy atom. The summed E-state index contributed by atoms with van der Waals surface area (Å²) in [7, 11) is 0. The number of rotatable bonds is 3. The van der Waals surface area contributed by atoms with Gasteiger partial charge in [0.1, 0.15) is 0 Å². The maximum atomic E-state index is 13.2. The molecule has 1 N–H and O–H groups in total. The van der Waals surface area contributed by atoms with Gasteiger partial charge >= 0.3 is 12.1 Å². The Hall–Kier alpha value is -3.09. The van der Waals surface area contributed by atoms with E-state index in [9.17, 15) is 18.0 Å².